The molecular weight excluding hydrogens is 186 g/mol. The second kappa shape index (κ2) is 3.21. The Labute approximate surface area is 78.1 Å². The van der Waals surface area contributed by atoms with Crippen molar-refractivity contribution < 1.29 is 9.61 Å². The van der Waals surface area contributed by atoms with Gasteiger partial charge in [-0.15, -0.1) is 0 Å². The van der Waals surface area contributed by atoms with E-state index in [1.807, 2.05) is 6.07 Å². The maximum absolute atomic E-state index is 10.5. The molecule has 70 valence electrons. The van der Waals surface area contributed by atoms with Crippen LogP contribution in [0.2, 0.25) is 0 Å². The first-order valence-electron chi connectivity index (χ1n) is 3.82. The minimum Gasteiger partial charge on any atom is -0.320 e. The minimum atomic E-state index is -0.601. The average Bonchev–Trinajstić information content (AvgIpc) is 2.67. The van der Waals surface area contributed by atoms with Crippen molar-refractivity contribution >= 4 is 5.95 Å². The fraction of sp³-hybridized carbons (Fsp3) is 0. The van der Waals surface area contributed by atoms with Crippen molar-refractivity contribution in [1.82, 2.24) is 15.5 Å². The third-order valence-corrected chi connectivity index (χ3v) is 1.66. The molecule has 2 rings (SSSR count). The lowest BCUT2D eigenvalue weighted by atomic mass is 10.3. The highest BCUT2D eigenvalue weighted by Crippen LogP contribution is 2.01. The topological polar surface area (TPSA) is 88.6 Å². The summed E-state index contributed by atoms with van der Waals surface area (Å²) < 4.78 is 1.19. The van der Waals surface area contributed by atoms with E-state index in [-0.39, 0.29) is 5.95 Å². The molecule has 0 radical (unpaired) electrons. The molecule has 0 aliphatic rings. The lowest BCUT2D eigenvalue weighted by molar-refractivity contribution is -0.706. The molecule has 7 nitrogen and oxygen atoms in total. The van der Waals surface area contributed by atoms with Gasteiger partial charge in [-0.3, -0.25) is 0 Å². The van der Waals surface area contributed by atoms with Crippen LogP contribution in [0.15, 0.2) is 30.3 Å². The summed E-state index contributed by atoms with van der Waals surface area (Å²) in [6.07, 6.45) is 0. The van der Waals surface area contributed by atoms with E-state index in [9.17, 15) is 10.1 Å². The number of benzene rings is 1. The Hall–Kier alpha value is -2.31. The number of nitro groups is 1. The summed E-state index contributed by atoms with van der Waals surface area (Å²) in [4.78, 5) is 9.92. The smallest absolute Gasteiger partial charge is 0.320 e. The zero-order valence-electron chi connectivity index (χ0n) is 6.99. The number of aromatic amines is 1. The van der Waals surface area contributed by atoms with Gasteiger partial charge in [0.1, 0.15) is 5.21 Å². The van der Waals surface area contributed by atoms with Gasteiger partial charge in [0, 0.05) is 0 Å². The van der Waals surface area contributed by atoms with Gasteiger partial charge >= 0.3 is 5.95 Å². The van der Waals surface area contributed by atoms with E-state index >= 15 is 0 Å². The molecule has 0 aliphatic heterocycles. The summed E-state index contributed by atoms with van der Waals surface area (Å²) in [7, 11) is 0. The minimum absolute atomic E-state index is 0.337. The molecule has 0 saturated heterocycles. The van der Waals surface area contributed by atoms with Crippen LogP contribution in [0, 0.1) is 10.1 Å². The summed E-state index contributed by atoms with van der Waals surface area (Å²) in [5, 5.41) is 19.7. The highest BCUT2D eigenvalue weighted by molar-refractivity contribution is 5.21. The largest absolute Gasteiger partial charge is 0.683 e. The molecule has 0 aliphatic carbocycles. The van der Waals surface area contributed by atoms with Crippen LogP contribution in [0.3, 0.4) is 0 Å². The molecule has 0 saturated carbocycles. The van der Waals surface area contributed by atoms with E-state index in [1.54, 1.807) is 24.3 Å². The molecule has 1 aromatic heterocycles. The van der Waals surface area contributed by atoms with E-state index in [1.165, 1.54) is 4.68 Å². The quantitative estimate of drug-likeness (QED) is 0.411. The molecule has 0 bridgehead atoms. The Kier molecular flexibility index (Phi) is 1.90. The first kappa shape index (κ1) is 8.30. The van der Waals surface area contributed by atoms with Crippen molar-refractivity contribution in [3.8, 4) is 5.69 Å². The summed E-state index contributed by atoms with van der Waals surface area (Å²) in [5.74, 6) is -0.337. The monoisotopic (exact) mass is 192 g/mol. The van der Waals surface area contributed by atoms with Gasteiger partial charge in [-0.1, -0.05) is 23.4 Å². The second-order valence-corrected chi connectivity index (χ2v) is 2.53. The van der Waals surface area contributed by atoms with Crippen LogP contribution < -0.4 is 4.68 Å². The van der Waals surface area contributed by atoms with Gasteiger partial charge < -0.3 is 10.1 Å². The highest BCUT2D eigenvalue weighted by atomic mass is 16.6. The fourth-order valence-corrected chi connectivity index (χ4v) is 1.07. The lowest BCUT2D eigenvalue weighted by Gasteiger charge is -1.89. The second-order valence-electron chi connectivity index (χ2n) is 2.53. The number of H-pyrrole nitrogens is 1. The first-order chi connectivity index (χ1) is 6.79. The van der Waals surface area contributed by atoms with Gasteiger partial charge in [0.05, 0.1) is 4.92 Å². The fourth-order valence-electron chi connectivity index (χ4n) is 1.07. The SMILES string of the molecule is O=[N+]([O-])c1nn[nH][n+]1-c1ccccc1. The van der Waals surface area contributed by atoms with E-state index in [0.717, 1.165) is 0 Å². The normalized spacial score (nSPS) is 10.0. The third-order valence-electron chi connectivity index (χ3n) is 1.66. The first-order valence-corrected chi connectivity index (χ1v) is 3.82. The number of tetrazole rings is 1. The Balaban J connectivity index is 2.52. The lowest BCUT2D eigenvalue weighted by Crippen LogP contribution is -2.35. The van der Waals surface area contributed by atoms with Crippen molar-refractivity contribution in [3.63, 3.8) is 0 Å². The van der Waals surface area contributed by atoms with Gasteiger partial charge in [-0.05, 0) is 16.8 Å². The number of nitrogens with one attached hydrogen (secondary N) is 1. The molecular formula is C7H6N5O2+. The number of nitrogens with zero attached hydrogens (tertiary/aromatic N) is 4. The zero-order valence-corrected chi connectivity index (χ0v) is 6.99. The zero-order chi connectivity index (χ0) is 9.97. The highest BCUT2D eigenvalue weighted by Gasteiger charge is 2.30. The molecule has 1 N–H and O–H groups in total. The van der Waals surface area contributed by atoms with Crippen molar-refractivity contribution in [2.45, 2.75) is 0 Å². The molecule has 1 aromatic carbocycles. The molecule has 1 heterocycles. The van der Waals surface area contributed by atoms with Gasteiger partial charge in [-0.2, -0.15) is 0 Å². The van der Waals surface area contributed by atoms with Gasteiger partial charge in [0.15, 0.2) is 5.69 Å². The average molecular weight is 192 g/mol. The van der Waals surface area contributed by atoms with Crippen molar-refractivity contribution in [2.24, 2.45) is 0 Å². The molecule has 7 heteroatoms. The van der Waals surface area contributed by atoms with E-state index < -0.39 is 4.92 Å². The Morgan fingerprint density at radius 1 is 1.36 bits per heavy atom. The molecule has 0 spiro atoms. The Bertz CT molecular complexity index is 452. The summed E-state index contributed by atoms with van der Waals surface area (Å²) in [5.41, 5.74) is 0.615. The van der Waals surface area contributed by atoms with Crippen LogP contribution in [0.1, 0.15) is 0 Å². The Morgan fingerprint density at radius 2 is 2.07 bits per heavy atom. The molecule has 14 heavy (non-hydrogen) atoms. The van der Waals surface area contributed by atoms with Crippen LogP contribution in [-0.2, 0) is 0 Å². The predicted molar refractivity (Wildman–Crippen MR) is 44.6 cm³/mol. The number of aromatic nitrogens is 4. The summed E-state index contributed by atoms with van der Waals surface area (Å²) in [6, 6.07) is 8.79. The predicted octanol–water partition coefficient (Wildman–Crippen LogP) is -0.0104. The maximum atomic E-state index is 10.5. The van der Waals surface area contributed by atoms with Crippen molar-refractivity contribution in [1.29, 1.82) is 0 Å². The van der Waals surface area contributed by atoms with E-state index in [0.29, 0.717) is 5.69 Å². The molecule has 0 amide bonds. The third kappa shape index (κ3) is 1.30. The molecule has 0 atom stereocenters. The number of hydrogen-bond donors (Lipinski definition) is 1. The van der Waals surface area contributed by atoms with Crippen LogP contribution >= 0.6 is 0 Å². The maximum Gasteiger partial charge on any atom is 0.683 e. The molecule has 0 unspecified atom stereocenters. The van der Waals surface area contributed by atoms with Crippen LogP contribution in [-0.4, -0.2) is 20.4 Å². The van der Waals surface area contributed by atoms with Crippen LogP contribution in [0.4, 0.5) is 5.95 Å². The van der Waals surface area contributed by atoms with Crippen LogP contribution in [0.5, 0.6) is 0 Å². The van der Waals surface area contributed by atoms with Crippen molar-refractivity contribution in [2.75, 3.05) is 0 Å². The molecule has 0 fully saturated rings. The standard InChI is InChI=1S/C7H5N5O2/c13-12(14)7-8-9-10-11(7)6-4-2-1-3-5-6/h1-5H/p+1. The number of para-hydroxylation sites is 1. The van der Waals surface area contributed by atoms with Gasteiger partial charge in [0.25, 0.3) is 0 Å². The summed E-state index contributed by atoms with van der Waals surface area (Å²) >= 11 is 0. The van der Waals surface area contributed by atoms with Gasteiger partial charge in [0.2, 0.25) is 5.10 Å². The van der Waals surface area contributed by atoms with Crippen LogP contribution in [0.25, 0.3) is 5.69 Å². The number of rotatable bonds is 2. The number of hydrogen-bond acceptors (Lipinski definition) is 4. The summed E-state index contributed by atoms with van der Waals surface area (Å²) in [6.45, 7) is 0. The van der Waals surface area contributed by atoms with Gasteiger partial charge in [-0.25, -0.2) is 0 Å². The Morgan fingerprint density at radius 3 is 2.71 bits per heavy atom. The molecule has 2 aromatic rings. The van der Waals surface area contributed by atoms with E-state index in [4.69, 9.17) is 0 Å². The van der Waals surface area contributed by atoms with Crippen molar-refractivity contribution in [3.05, 3.63) is 40.4 Å². The van der Waals surface area contributed by atoms with E-state index in [2.05, 4.69) is 15.5 Å².